The molecule has 0 spiro atoms. The maximum atomic E-state index is 6.10. The van der Waals surface area contributed by atoms with Crippen molar-refractivity contribution in [3.8, 4) is 0 Å². The number of halogens is 2. The molecule has 106 valence electrons. The summed E-state index contributed by atoms with van der Waals surface area (Å²) in [7, 11) is 0. The summed E-state index contributed by atoms with van der Waals surface area (Å²) in [6, 6.07) is 10.4. The SMILES string of the molecule is CCC(N[C@@H](C)c1ccncc1)c1ccc(Cl)c(Cl)c1. The van der Waals surface area contributed by atoms with Crippen LogP contribution < -0.4 is 5.32 Å². The summed E-state index contributed by atoms with van der Waals surface area (Å²) in [4.78, 5) is 4.05. The predicted octanol–water partition coefficient (Wildman–Crippen LogP) is 5.19. The number of nitrogens with one attached hydrogen (secondary N) is 1. The molecule has 20 heavy (non-hydrogen) atoms. The van der Waals surface area contributed by atoms with E-state index in [0.29, 0.717) is 10.0 Å². The molecule has 2 nitrogen and oxygen atoms in total. The van der Waals surface area contributed by atoms with E-state index in [1.165, 1.54) is 5.56 Å². The standard InChI is InChI=1S/C16H18Cl2N2/c1-3-16(13-4-5-14(17)15(18)10-13)20-11(2)12-6-8-19-9-7-12/h4-11,16,20H,3H2,1-2H3/t11-,16?/m0/s1. The summed E-state index contributed by atoms with van der Waals surface area (Å²) < 4.78 is 0. The van der Waals surface area contributed by atoms with Gasteiger partial charge >= 0.3 is 0 Å². The van der Waals surface area contributed by atoms with Gasteiger partial charge in [0.2, 0.25) is 0 Å². The van der Waals surface area contributed by atoms with Gasteiger partial charge in [0.15, 0.2) is 0 Å². The normalized spacial score (nSPS) is 14.0. The monoisotopic (exact) mass is 308 g/mol. The quantitative estimate of drug-likeness (QED) is 0.822. The fraction of sp³-hybridized carbons (Fsp3) is 0.312. The molecular weight excluding hydrogens is 291 g/mol. The Balaban J connectivity index is 2.14. The van der Waals surface area contributed by atoms with Crippen molar-refractivity contribution < 1.29 is 0 Å². The second kappa shape index (κ2) is 7.07. The number of nitrogens with zero attached hydrogens (tertiary/aromatic N) is 1. The molecule has 0 bridgehead atoms. The van der Waals surface area contributed by atoms with Crippen LogP contribution in [0.15, 0.2) is 42.7 Å². The lowest BCUT2D eigenvalue weighted by Gasteiger charge is -2.23. The summed E-state index contributed by atoms with van der Waals surface area (Å²) in [6.45, 7) is 4.30. The van der Waals surface area contributed by atoms with Gasteiger partial charge in [-0.05, 0) is 48.7 Å². The fourth-order valence-corrected chi connectivity index (χ4v) is 2.54. The average molecular weight is 309 g/mol. The fourth-order valence-electron chi connectivity index (χ4n) is 2.23. The highest BCUT2D eigenvalue weighted by molar-refractivity contribution is 6.42. The highest BCUT2D eigenvalue weighted by atomic mass is 35.5. The number of benzene rings is 1. The maximum absolute atomic E-state index is 6.10. The zero-order chi connectivity index (χ0) is 14.5. The van der Waals surface area contributed by atoms with Crippen molar-refractivity contribution in [3.05, 3.63) is 63.9 Å². The second-order valence-corrected chi connectivity index (χ2v) is 5.62. The van der Waals surface area contributed by atoms with Gasteiger partial charge < -0.3 is 5.32 Å². The summed E-state index contributed by atoms with van der Waals surface area (Å²) in [5, 5.41) is 4.80. The molecule has 2 aromatic rings. The van der Waals surface area contributed by atoms with Gasteiger partial charge in [-0.15, -0.1) is 0 Å². The van der Waals surface area contributed by atoms with E-state index in [0.717, 1.165) is 12.0 Å². The molecule has 0 aliphatic heterocycles. The van der Waals surface area contributed by atoms with E-state index < -0.39 is 0 Å². The van der Waals surface area contributed by atoms with Crippen molar-refractivity contribution in [2.24, 2.45) is 0 Å². The van der Waals surface area contributed by atoms with Crippen LogP contribution in [-0.4, -0.2) is 4.98 Å². The largest absolute Gasteiger partial charge is 0.303 e. The van der Waals surface area contributed by atoms with Crippen LogP contribution in [0.3, 0.4) is 0 Å². The van der Waals surface area contributed by atoms with Crippen molar-refractivity contribution in [2.45, 2.75) is 32.4 Å². The third-order valence-corrected chi connectivity index (χ3v) is 4.15. The van der Waals surface area contributed by atoms with Crippen molar-refractivity contribution in [1.29, 1.82) is 0 Å². The van der Waals surface area contributed by atoms with Crippen molar-refractivity contribution in [3.63, 3.8) is 0 Å². The third kappa shape index (κ3) is 3.72. The van der Waals surface area contributed by atoms with Gasteiger partial charge in [0.25, 0.3) is 0 Å². The van der Waals surface area contributed by atoms with E-state index in [1.54, 1.807) is 0 Å². The lowest BCUT2D eigenvalue weighted by atomic mass is 10.0. The van der Waals surface area contributed by atoms with Gasteiger partial charge in [0.05, 0.1) is 10.0 Å². The summed E-state index contributed by atoms with van der Waals surface area (Å²) in [5.74, 6) is 0. The second-order valence-electron chi connectivity index (χ2n) is 4.80. The van der Waals surface area contributed by atoms with Crippen molar-refractivity contribution >= 4 is 23.2 Å². The van der Waals surface area contributed by atoms with Gasteiger partial charge in [-0.2, -0.15) is 0 Å². The lowest BCUT2D eigenvalue weighted by molar-refractivity contribution is 0.456. The molecule has 0 aliphatic carbocycles. The van der Waals surface area contributed by atoms with E-state index in [9.17, 15) is 0 Å². The molecule has 1 aromatic heterocycles. The molecule has 4 heteroatoms. The van der Waals surface area contributed by atoms with E-state index in [2.05, 4.69) is 24.1 Å². The van der Waals surface area contributed by atoms with Crippen LogP contribution in [0, 0.1) is 0 Å². The minimum absolute atomic E-state index is 0.243. The highest BCUT2D eigenvalue weighted by Crippen LogP contribution is 2.28. The molecule has 2 rings (SSSR count). The number of rotatable bonds is 5. The topological polar surface area (TPSA) is 24.9 Å². The number of aromatic nitrogens is 1. The van der Waals surface area contributed by atoms with Crippen molar-refractivity contribution in [2.75, 3.05) is 0 Å². The Kier molecular flexibility index (Phi) is 5.41. The van der Waals surface area contributed by atoms with Crippen molar-refractivity contribution in [1.82, 2.24) is 10.3 Å². The van der Waals surface area contributed by atoms with E-state index in [4.69, 9.17) is 23.2 Å². The molecule has 1 heterocycles. The van der Waals surface area contributed by atoms with E-state index in [1.807, 2.05) is 42.7 Å². The van der Waals surface area contributed by atoms with Crippen LogP contribution in [0.5, 0.6) is 0 Å². The first kappa shape index (κ1) is 15.3. The molecule has 0 amide bonds. The van der Waals surface area contributed by atoms with Gasteiger partial charge in [-0.25, -0.2) is 0 Å². The maximum Gasteiger partial charge on any atom is 0.0595 e. The molecule has 0 radical (unpaired) electrons. The molecule has 0 saturated heterocycles. The van der Waals surface area contributed by atoms with Crippen LogP contribution in [-0.2, 0) is 0 Å². The minimum Gasteiger partial charge on any atom is -0.303 e. The first-order valence-corrected chi connectivity index (χ1v) is 7.48. The van der Waals surface area contributed by atoms with Crippen LogP contribution in [0.2, 0.25) is 10.0 Å². The predicted molar refractivity (Wildman–Crippen MR) is 85.3 cm³/mol. The zero-order valence-corrected chi connectivity index (χ0v) is 13.1. The number of hydrogen-bond acceptors (Lipinski definition) is 2. The Hall–Kier alpha value is -1.09. The molecular formula is C16H18Cl2N2. The Morgan fingerprint density at radius 2 is 1.75 bits per heavy atom. The molecule has 0 saturated carbocycles. The Morgan fingerprint density at radius 3 is 2.35 bits per heavy atom. The summed E-state index contributed by atoms with van der Waals surface area (Å²) >= 11 is 12.1. The first-order valence-electron chi connectivity index (χ1n) is 6.72. The minimum atomic E-state index is 0.243. The molecule has 1 aromatic carbocycles. The Bertz CT molecular complexity index is 558. The number of hydrogen-bond donors (Lipinski definition) is 1. The van der Waals surface area contributed by atoms with Crippen LogP contribution in [0.25, 0.3) is 0 Å². The average Bonchev–Trinajstić information content (AvgIpc) is 2.48. The van der Waals surface area contributed by atoms with E-state index >= 15 is 0 Å². The van der Waals surface area contributed by atoms with Crippen LogP contribution in [0.1, 0.15) is 43.5 Å². The van der Waals surface area contributed by atoms with Gasteiger partial charge in [-0.3, -0.25) is 4.98 Å². The molecule has 1 N–H and O–H groups in total. The third-order valence-electron chi connectivity index (χ3n) is 3.41. The smallest absolute Gasteiger partial charge is 0.0595 e. The summed E-state index contributed by atoms with van der Waals surface area (Å²) in [5.41, 5.74) is 2.38. The van der Waals surface area contributed by atoms with Gasteiger partial charge in [-0.1, -0.05) is 36.2 Å². The van der Waals surface area contributed by atoms with Crippen LogP contribution in [0.4, 0.5) is 0 Å². The Morgan fingerprint density at radius 1 is 1.05 bits per heavy atom. The van der Waals surface area contributed by atoms with E-state index in [-0.39, 0.29) is 12.1 Å². The molecule has 2 atom stereocenters. The lowest BCUT2D eigenvalue weighted by Crippen LogP contribution is -2.24. The highest BCUT2D eigenvalue weighted by Gasteiger charge is 2.14. The zero-order valence-electron chi connectivity index (χ0n) is 11.6. The first-order chi connectivity index (χ1) is 9.61. The van der Waals surface area contributed by atoms with Gasteiger partial charge in [0.1, 0.15) is 0 Å². The summed E-state index contributed by atoms with van der Waals surface area (Å²) in [6.07, 6.45) is 4.61. The molecule has 0 aliphatic rings. The van der Waals surface area contributed by atoms with Gasteiger partial charge in [0, 0.05) is 24.5 Å². The Labute approximate surface area is 130 Å². The molecule has 0 fully saturated rings. The molecule has 1 unspecified atom stereocenters. The number of pyridine rings is 1. The van der Waals surface area contributed by atoms with Crippen LogP contribution >= 0.6 is 23.2 Å².